The van der Waals surface area contributed by atoms with Crippen LogP contribution in [0.2, 0.25) is 0 Å². The van der Waals surface area contributed by atoms with Crippen molar-refractivity contribution in [2.24, 2.45) is 0 Å². The van der Waals surface area contributed by atoms with E-state index in [-0.39, 0.29) is 35.0 Å². The average molecular weight is 656 g/mol. The molecule has 0 unspecified atom stereocenters. The molecule has 0 radical (unpaired) electrons. The molecule has 0 amide bonds. The van der Waals surface area contributed by atoms with Crippen LogP contribution in [0.15, 0.2) is 0 Å². The predicted molar refractivity (Wildman–Crippen MR) is 136 cm³/mol. The maximum absolute atomic E-state index is 8.59. The monoisotopic (exact) mass is 655 g/mol. The molecule has 0 aliphatic heterocycles. The standard InChI is InChI=1S/C18H33P.C6H13NOS2.Au/c1-4-10-16(11-5-1)19(17-12-6-2-7-13-17)18-14-8-3-9-15-18;1-5(2)7(3-4-8)6(9)10;/h16-18H,1-15H2;5,8H,3-4H2,1-2H3,(H,9,10);/q;;+1/p-1. The Hall–Kier alpha value is 1.24. The summed E-state index contributed by atoms with van der Waals surface area (Å²) in [7, 11) is 0.385. The minimum atomic E-state index is 0. The number of hydrogen-bond acceptors (Lipinski definition) is 3. The molecule has 3 aliphatic carbocycles. The summed E-state index contributed by atoms with van der Waals surface area (Å²) < 4.78 is 0.434. The number of aliphatic hydroxyl groups is 1. The van der Waals surface area contributed by atoms with Crippen molar-refractivity contribution in [3.8, 4) is 0 Å². The Balaban J connectivity index is 0.000000354. The fourth-order valence-electron chi connectivity index (χ4n) is 5.70. The van der Waals surface area contributed by atoms with Gasteiger partial charge in [0.25, 0.3) is 0 Å². The summed E-state index contributed by atoms with van der Waals surface area (Å²) >= 11 is 9.58. The van der Waals surface area contributed by atoms with Crippen LogP contribution in [0.5, 0.6) is 0 Å². The van der Waals surface area contributed by atoms with Gasteiger partial charge < -0.3 is 34.9 Å². The van der Waals surface area contributed by atoms with Gasteiger partial charge in [0.1, 0.15) is 0 Å². The Kier molecular flexibility index (Phi) is 16.4. The van der Waals surface area contributed by atoms with Crippen LogP contribution < -0.4 is 0 Å². The third kappa shape index (κ3) is 10.0. The Morgan fingerprint density at radius 2 is 1.17 bits per heavy atom. The van der Waals surface area contributed by atoms with Crippen LogP contribution in [-0.2, 0) is 35.0 Å². The van der Waals surface area contributed by atoms with Gasteiger partial charge in [-0.3, -0.25) is 0 Å². The van der Waals surface area contributed by atoms with Crippen LogP contribution in [0.1, 0.15) is 110 Å². The molecule has 0 saturated heterocycles. The van der Waals surface area contributed by atoms with Gasteiger partial charge in [-0.05, 0) is 69.3 Å². The van der Waals surface area contributed by atoms with Crippen LogP contribution in [0.4, 0.5) is 0 Å². The molecule has 0 aromatic carbocycles. The summed E-state index contributed by atoms with van der Waals surface area (Å²) in [6.07, 6.45) is 23.6. The van der Waals surface area contributed by atoms with E-state index in [2.05, 4.69) is 0 Å². The van der Waals surface area contributed by atoms with Crippen molar-refractivity contribution < 1.29 is 27.5 Å². The number of nitrogens with zero attached hydrogens (tertiary/aromatic N) is 1. The summed E-state index contributed by atoms with van der Waals surface area (Å²) in [5, 5.41) is 8.59. The summed E-state index contributed by atoms with van der Waals surface area (Å²) in [6.45, 7) is 4.64. The molecule has 0 atom stereocenters. The molecule has 2 nitrogen and oxygen atoms in total. The molecule has 30 heavy (non-hydrogen) atoms. The number of thiocarbonyl (C=S) groups is 1. The van der Waals surface area contributed by atoms with E-state index in [1.807, 2.05) is 18.7 Å². The topological polar surface area (TPSA) is 23.5 Å². The van der Waals surface area contributed by atoms with Crippen molar-refractivity contribution in [1.82, 2.24) is 4.90 Å². The van der Waals surface area contributed by atoms with Gasteiger partial charge in [-0.2, -0.15) is 0 Å². The summed E-state index contributed by atoms with van der Waals surface area (Å²) in [6, 6.07) is 0.289. The molecule has 6 heteroatoms. The zero-order valence-electron chi connectivity index (χ0n) is 19.3. The SMILES string of the molecule is C1CCC(P(C2CCCCC2)C2CCCCC2)CC1.CC(C)N(CCO)C(=S)[S-].[Au+]. The van der Waals surface area contributed by atoms with Gasteiger partial charge in [0.05, 0.1) is 6.61 Å². The quantitative estimate of drug-likeness (QED) is 0.144. The molecule has 0 heterocycles. The van der Waals surface area contributed by atoms with Gasteiger partial charge in [0, 0.05) is 12.6 Å². The van der Waals surface area contributed by atoms with Crippen LogP contribution in [-0.4, -0.2) is 50.5 Å². The Morgan fingerprint density at radius 1 is 0.833 bits per heavy atom. The third-order valence-corrected chi connectivity index (χ3v) is 11.7. The molecule has 3 fully saturated rings. The second kappa shape index (κ2) is 16.8. The predicted octanol–water partition coefficient (Wildman–Crippen LogP) is 6.98. The van der Waals surface area contributed by atoms with E-state index in [0.717, 1.165) is 0 Å². The summed E-state index contributed by atoms with van der Waals surface area (Å²) in [4.78, 5) is 1.81. The first-order valence-electron chi connectivity index (χ1n) is 12.4. The van der Waals surface area contributed by atoms with Crippen molar-refractivity contribution in [2.45, 2.75) is 133 Å². The minimum Gasteiger partial charge on any atom is -0.411 e. The molecule has 180 valence electrons. The van der Waals surface area contributed by atoms with E-state index in [9.17, 15) is 0 Å². The zero-order valence-corrected chi connectivity index (χ0v) is 24.0. The zero-order chi connectivity index (χ0) is 21.1. The van der Waals surface area contributed by atoms with E-state index < -0.39 is 0 Å². The second-order valence-corrected chi connectivity index (χ2v) is 13.7. The van der Waals surface area contributed by atoms with E-state index in [1.165, 1.54) is 36.2 Å². The van der Waals surface area contributed by atoms with Gasteiger partial charge in [-0.1, -0.05) is 70.0 Å². The molecule has 0 bridgehead atoms. The molecular formula is C24H45AuNOPS2. The maximum Gasteiger partial charge on any atom is 1.00 e. The van der Waals surface area contributed by atoms with Gasteiger partial charge in [-0.25, -0.2) is 0 Å². The fourth-order valence-corrected chi connectivity index (χ4v) is 11.0. The van der Waals surface area contributed by atoms with E-state index in [0.29, 0.717) is 18.8 Å². The van der Waals surface area contributed by atoms with Crippen LogP contribution in [0.25, 0.3) is 0 Å². The van der Waals surface area contributed by atoms with E-state index >= 15 is 0 Å². The number of rotatable bonds is 6. The van der Waals surface area contributed by atoms with E-state index in [1.54, 1.807) is 77.0 Å². The first kappa shape index (κ1) is 29.3. The third-order valence-electron chi connectivity index (χ3n) is 7.19. The Morgan fingerprint density at radius 3 is 1.37 bits per heavy atom. The molecule has 3 aliphatic rings. The molecule has 0 spiro atoms. The van der Waals surface area contributed by atoms with Crippen molar-refractivity contribution in [1.29, 1.82) is 0 Å². The Labute approximate surface area is 214 Å². The average Bonchev–Trinajstić information content (AvgIpc) is 2.74. The maximum atomic E-state index is 8.59. The largest absolute Gasteiger partial charge is 1.00 e. The van der Waals surface area contributed by atoms with Gasteiger partial charge in [0.15, 0.2) is 0 Å². The molecule has 0 aromatic heterocycles. The van der Waals surface area contributed by atoms with Gasteiger partial charge in [0.2, 0.25) is 0 Å². The summed E-state index contributed by atoms with van der Waals surface area (Å²) in [5.74, 6) is 0. The number of aliphatic hydroxyl groups excluding tert-OH is 1. The fraction of sp³-hybridized carbons (Fsp3) is 0.958. The van der Waals surface area contributed by atoms with Crippen molar-refractivity contribution in [2.75, 3.05) is 13.2 Å². The smallest absolute Gasteiger partial charge is 0.411 e. The van der Waals surface area contributed by atoms with Crippen LogP contribution in [0.3, 0.4) is 0 Å². The van der Waals surface area contributed by atoms with E-state index in [4.69, 9.17) is 30.0 Å². The molecule has 3 rings (SSSR count). The first-order valence-corrected chi connectivity index (χ1v) is 14.8. The van der Waals surface area contributed by atoms with Crippen molar-refractivity contribution in [3.63, 3.8) is 0 Å². The second-order valence-electron chi connectivity index (χ2n) is 9.60. The summed E-state index contributed by atoms with van der Waals surface area (Å²) in [5.41, 5.74) is 3.57. The van der Waals surface area contributed by atoms with Crippen LogP contribution in [0, 0.1) is 0 Å². The Bertz CT molecular complexity index is 408. The van der Waals surface area contributed by atoms with Crippen LogP contribution >= 0.6 is 20.1 Å². The van der Waals surface area contributed by atoms with Gasteiger partial charge in [-0.15, -0.1) is 0 Å². The molecule has 1 N–H and O–H groups in total. The van der Waals surface area contributed by atoms with Gasteiger partial charge >= 0.3 is 22.4 Å². The number of hydrogen-bond donors (Lipinski definition) is 1. The first-order chi connectivity index (χ1) is 14.0. The molecular weight excluding hydrogens is 610 g/mol. The van der Waals surface area contributed by atoms with Crippen molar-refractivity contribution in [3.05, 3.63) is 0 Å². The molecule has 0 aromatic rings. The van der Waals surface area contributed by atoms with Crippen molar-refractivity contribution >= 4 is 37.1 Å². The minimum absolute atomic E-state index is 0. The normalized spacial score (nSPS) is 21.6. The molecule has 3 saturated carbocycles.